The zero-order chi connectivity index (χ0) is 19.6. The van der Waals surface area contributed by atoms with E-state index in [9.17, 15) is 18.0 Å². The average Bonchev–Trinajstić information content (AvgIpc) is 3.15. The van der Waals surface area contributed by atoms with Crippen molar-refractivity contribution in [1.82, 2.24) is 15.6 Å². The molecule has 3 N–H and O–H groups in total. The molecule has 0 heterocycles. The highest BCUT2D eigenvalue weighted by Gasteiger charge is 2.68. The van der Waals surface area contributed by atoms with E-state index >= 15 is 0 Å². The quantitative estimate of drug-likeness (QED) is 0.474. The van der Waals surface area contributed by atoms with Gasteiger partial charge in [-0.05, 0) is 37.6 Å². The number of carbonyl (C=O) groups is 2. The van der Waals surface area contributed by atoms with E-state index in [4.69, 9.17) is 9.47 Å². The Morgan fingerprint density at radius 3 is 2.23 bits per heavy atom. The summed E-state index contributed by atoms with van der Waals surface area (Å²) in [5.74, 6) is -0.0415. The summed E-state index contributed by atoms with van der Waals surface area (Å²) in [7, 11) is -2.50. The van der Waals surface area contributed by atoms with Crippen molar-refractivity contribution in [1.29, 1.82) is 0 Å². The minimum Gasteiger partial charge on any atom is -0.497 e. The Bertz CT molecular complexity index is 791. The van der Waals surface area contributed by atoms with Crippen molar-refractivity contribution in [3.05, 3.63) is 24.3 Å². The van der Waals surface area contributed by atoms with E-state index in [0.29, 0.717) is 12.2 Å². The first-order valence-corrected chi connectivity index (χ1v) is 9.47. The maximum absolute atomic E-state index is 12.2. The Hall–Kier alpha value is -2.33. The van der Waals surface area contributed by atoms with Gasteiger partial charge in [0.15, 0.2) is 0 Å². The summed E-state index contributed by atoms with van der Waals surface area (Å²) in [6, 6.07) is 4.80. The smallest absolute Gasteiger partial charge is 0.332 e. The van der Waals surface area contributed by atoms with E-state index in [1.165, 1.54) is 31.4 Å². The topological polar surface area (TPSA) is 123 Å². The Balaban J connectivity index is 2.00. The molecule has 0 bridgehead atoms. The molecule has 1 aromatic carbocycles. The van der Waals surface area contributed by atoms with Gasteiger partial charge >= 0.3 is 12.0 Å². The van der Waals surface area contributed by atoms with E-state index in [-0.39, 0.29) is 11.5 Å². The molecule has 10 heteroatoms. The molecular weight excluding hydrogens is 362 g/mol. The number of hydrogen-bond donors (Lipinski definition) is 3. The highest BCUT2D eigenvalue weighted by Crippen LogP contribution is 2.56. The van der Waals surface area contributed by atoms with Crippen LogP contribution in [0.1, 0.15) is 27.2 Å². The van der Waals surface area contributed by atoms with Gasteiger partial charge in [0.1, 0.15) is 11.3 Å². The molecule has 0 saturated heterocycles. The number of esters is 1. The largest absolute Gasteiger partial charge is 0.497 e. The Labute approximate surface area is 152 Å². The number of carbonyl (C=O) groups excluding carboxylic acids is 2. The molecule has 1 atom stereocenters. The van der Waals surface area contributed by atoms with E-state index in [1.807, 2.05) is 18.7 Å². The van der Waals surface area contributed by atoms with Crippen molar-refractivity contribution in [2.75, 3.05) is 13.7 Å². The second kappa shape index (κ2) is 7.12. The molecule has 1 fully saturated rings. The van der Waals surface area contributed by atoms with Crippen LogP contribution in [0.3, 0.4) is 0 Å². The van der Waals surface area contributed by atoms with Crippen LogP contribution < -0.4 is 20.3 Å². The fraction of sp³-hybridized carbons (Fsp3) is 0.500. The third-order valence-corrected chi connectivity index (χ3v) is 5.62. The first kappa shape index (κ1) is 20.0. The maximum Gasteiger partial charge on any atom is 0.332 e. The number of hydrogen-bond acceptors (Lipinski definition) is 6. The lowest BCUT2D eigenvalue weighted by Gasteiger charge is -2.20. The number of amides is 2. The number of urea groups is 1. The number of sulfonamides is 1. The standard InChI is InChI=1S/C16H23N3O6S/c1-5-25-13(20)16(10-15(16,2)3)17-14(21)18-19-26(22,23)12-8-6-11(24-4)7-9-12/h6-9,19H,5,10H2,1-4H3,(H2,17,18,21). The van der Waals surface area contributed by atoms with Crippen LogP contribution in [0.2, 0.25) is 0 Å². The van der Waals surface area contributed by atoms with Crippen LogP contribution in [0, 0.1) is 5.41 Å². The summed E-state index contributed by atoms with van der Waals surface area (Å²) < 4.78 is 34.4. The summed E-state index contributed by atoms with van der Waals surface area (Å²) in [6.07, 6.45) is 0.400. The van der Waals surface area contributed by atoms with Crippen LogP contribution in [0.15, 0.2) is 29.2 Å². The fourth-order valence-corrected chi connectivity index (χ4v) is 3.48. The zero-order valence-electron chi connectivity index (χ0n) is 15.1. The number of ether oxygens (including phenoxy) is 2. The van der Waals surface area contributed by atoms with E-state index < -0.39 is 33.0 Å². The lowest BCUT2D eigenvalue weighted by Crippen LogP contribution is -2.55. The lowest BCUT2D eigenvalue weighted by atomic mass is 10.1. The molecule has 144 valence electrons. The summed E-state index contributed by atoms with van der Waals surface area (Å²) in [6.45, 7) is 5.48. The predicted molar refractivity (Wildman–Crippen MR) is 92.7 cm³/mol. The van der Waals surface area contributed by atoms with Gasteiger partial charge in [-0.15, -0.1) is 4.83 Å². The van der Waals surface area contributed by atoms with Crippen LogP contribution in [0.5, 0.6) is 5.75 Å². The highest BCUT2D eigenvalue weighted by molar-refractivity contribution is 7.89. The number of hydrazine groups is 1. The summed E-state index contributed by atoms with van der Waals surface area (Å²) >= 11 is 0. The molecule has 1 aliphatic carbocycles. The Morgan fingerprint density at radius 1 is 1.19 bits per heavy atom. The minimum absolute atomic E-state index is 0.0505. The van der Waals surface area contributed by atoms with Crippen LogP contribution in [0.25, 0.3) is 0 Å². The first-order valence-electron chi connectivity index (χ1n) is 7.99. The molecule has 1 aliphatic rings. The van der Waals surface area contributed by atoms with Crippen molar-refractivity contribution in [2.24, 2.45) is 5.41 Å². The van der Waals surface area contributed by atoms with Crippen LogP contribution in [-0.4, -0.2) is 39.7 Å². The fourth-order valence-electron chi connectivity index (χ4n) is 2.64. The van der Waals surface area contributed by atoms with Crippen LogP contribution in [-0.2, 0) is 19.6 Å². The van der Waals surface area contributed by atoms with Gasteiger partial charge in [0, 0.05) is 5.41 Å². The monoisotopic (exact) mass is 385 g/mol. The van der Waals surface area contributed by atoms with E-state index in [0.717, 1.165) is 0 Å². The normalized spacial score (nSPS) is 20.8. The van der Waals surface area contributed by atoms with Gasteiger partial charge < -0.3 is 14.8 Å². The van der Waals surface area contributed by atoms with Gasteiger partial charge in [-0.2, -0.15) is 0 Å². The molecular formula is C16H23N3O6S. The van der Waals surface area contributed by atoms with Crippen molar-refractivity contribution < 1.29 is 27.5 Å². The maximum atomic E-state index is 12.2. The number of nitrogens with one attached hydrogen (secondary N) is 3. The molecule has 1 unspecified atom stereocenters. The molecule has 0 aromatic heterocycles. The molecule has 0 aliphatic heterocycles. The van der Waals surface area contributed by atoms with Gasteiger partial charge in [-0.3, -0.25) is 5.43 Å². The summed E-state index contributed by atoms with van der Waals surface area (Å²) in [5.41, 5.74) is 0.405. The lowest BCUT2D eigenvalue weighted by molar-refractivity contribution is -0.147. The van der Waals surface area contributed by atoms with E-state index in [1.54, 1.807) is 6.92 Å². The van der Waals surface area contributed by atoms with Crippen molar-refractivity contribution in [2.45, 2.75) is 37.6 Å². The molecule has 0 radical (unpaired) electrons. The number of rotatable bonds is 7. The summed E-state index contributed by atoms with van der Waals surface area (Å²) in [5, 5.41) is 2.51. The van der Waals surface area contributed by atoms with Crippen molar-refractivity contribution in [3.8, 4) is 5.75 Å². The average molecular weight is 385 g/mol. The van der Waals surface area contributed by atoms with Crippen molar-refractivity contribution >= 4 is 22.0 Å². The second-order valence-corrected chi connectivity index (χ2v) is 8.23. The molecule has 2 rings (SSSR count). The summed E-state index contributed by atoms with van der Waals surface area (Å²) in [4.78, 5) is 26.2. The molecule has 0 spiro atoms. The molecule has 1 saturated carbocycles. The molecule has 2 amide bonds. The van der Waals surface area contributed by atoms with E-state index in [2.05, 4.69) is 10.7 Å². The highest BCUT2D eigenvalue weighted by atomic mass is 32.2. The van der Waals surface area contributed by atoms with Crippen LogP contribution in [0.4, 0.5) is 4.79 Å². The number of methoxy groups -OCH3 is 1. The van der Waals surface area contributed by atoms with Gasteiger partial charge in [0.05, 0.1) is 18.6 Å². The molecule has 26 heavy (non-hydrogen) atoms. The third kappa shape index (κ3) is 3.91. The SMILES string of the molecule is CCOC(=O)C1(NC(=O)NNS(=O)(=O)c2ccc(OC)cc2)CC1(C)C. The Morgan fingerprint density at radius 2 is 1.77 bits per heavy atom. The second-order valence-electron chi connectivity index (χ2n) is 6.55. The molecule has 1 aromatic rings. The van der Waals surface area contributed by atoms with Gasteiger partial charge in [0.2, 0.25) is 0 Å². The first-order chi connectivity index (χ1) is 12.1. The predicted octanol–water partition coefficient (Wildman–Crippen LogP) is 0.920. The van der Waals surface area contributed by atoms with Gasteiger partial charge in [-0.1, -0.05) is 13.8 Å². The minimum atomic E-state index is -3.97. The van der Waals surface area contributed by atoms with Gasteiger partial charge in [0.25, 0.3) is 10.0 Å². The third-order valence-electron chi connectivity index (χ3n) is 4.36. The van der Waals surface area contributed by atoms with Crippen LogP contribution >= 0.6 is 0 Å². The van der Waals surface area contributed by atoms with Crippen molar-refractivity contribution in [3.63, 3.8) is 0 Å². The zero-order valence-corrected chi connectivity index (χ0v) is 15.9. The number of benzene rings is 1. The Kier molecular flexibility index (Phi) is 5.47. The van der Waals surface area contributed by atoms with Gasteiger partial charge in [-0.25, -0.2) is 18.0 Å². The molecule has 9 nitrogen and oxygen atoms in total.